The molecule has 1 heterocycles. The third-order valence-corrected chi connectivity index (χ3v) is 6.83. The number of thioether (sulfide) groups is 1. The first kappa shape index (κ1) is 22.5. The van der Waals surface area contributed by atoms with Gasteiger partial charge in [0, 0.05) is 3.57 Å². The van der Waals surface area contributed by atoms with E-state index in [0.717, 1.165) is 9.13 Å². The fourth-order valence-electron chi connectivity index (χ4n) is 3.03. The van der Waals surface area contributed by atoms with Crippen molar-refractivity contribution in [3.8, 4) is 11.5 Å². The van der Waals surface area contributed by atoms with Crippen molar-refractivity contribution in [2.45, 2.75) is 0 Å². The van der Waals surface area contributed by atoms with Gasteiger partial charge in [-0.15, -0.1) is 0 Å². The molecule has 0 unspecified atom stereocenters. The van der Waals surface area contributed by atoms with Crippen molar-refractivity contribution in [3.63, 3.8) is 0 Å². The summed E-state index contributed by atoms with van der Waals surface area (Å²) in [6.07, 6.45) is 1.74. The average Bonchev–Trinajstić information content (AvgIpc) is 3.07. The Kier molecular flexibility index (Phi) is 6.92. The Morgan fingerprint density at radius 1 is 1.03 bits per heavy atom. The van der Waals surface area contributed by atoms with Crippen LogP contribution >= 0.6 is 46.6 Å². The van der Waals surface area contributed by atoms with E-state index in [2.05, 4.69) is 22.6 Å². The predicted octanol–water partition coefficient (Wildman–Crippen LogP) is 5.92. The van der Waals surface area contributed by atoms with Crippen LogP contribution in [-0.4, -0.2) is 23.3 Å². The predicted molar refractivity (Wildman–Crippen MR) is 139 cm³/mol. The number of carbonyl (C=O) groups excluding carboxylic acids is 2. The quantitative estimate of drug-likeness (QED) is 0.124. The molecule has 1 amide bonds. The van der Waals surface area contributed by atoms with Gasteiger partial charge in [-0.25, -0.2) is 4.79 Å². The van der Waals surface area contributed by atoms with Crippen LogP contribution in [0, 0.1) is 3.57 Å². The number of nitrogens with zero attached hydrogens (tertiary/aromatic N) is 1. The molecule has 0 N–H and O–H groups in total. The second-order valence-corrected chi connectivity index (χ2v) is 9.49. The van der Waals surface area contributed by atoms with Crippen LogP contribution in [-0.2, 0) is 4.79 Å². The zero-order chi connectivity index (χ0) is 22.7. The van der Waals surface area contributed by atoms with Crippen LogP contribution in [0.25, 0.3) is 6.08 Å². The monoisotopic (exact) mass is 573 g/mol. The summed E-state index contributed by atoms with van der Waals surface area (Å²) in [5, 5.41) is 0. The number of esters is 1. The first-order valence-corrected chi connectivity index (χ1v) is 11.8. The van der Waals surface area contributed by atoms with E-state index in [4.69, 9.17) is 21.7 Å². The summed E-state index contributed by atoms with van der Waals surface area (Å²) in [7, 11) is 1.59. The minimum absolute atomic E-state index is 0.202. The van der Waals surface area contributed by atoms with Crippen LogP contribution in [0.15, 0.2) is 77.7 Å². The Labute approximate surface area is 208 Å². The van der Waals surface area contributed by atoms with Crippen molar-refractivity contribution >= 4 is 74.5 Å². The lowest BCUT2D eigenvalue weighted by Crippen LogP contribution is -2.27. The van der Waals surface area contributed by atoms with E-state index >= 15 is 0 Å². The van der Waals surface area contributed by atoms with Crippen LogP contribution < -0.4 is 14.4 Å². The summed E-state index contributed by atoms with van der Waals surface area (Å²) in [6.45, 7) is 0. The summed E-state index contributed by atoms with van der Waals surface area (Å²) < 4.78 is 12.0. The summed E-state index contributed by atoms with van der Waals surface area (Å²) in [6, 6.07) is 21.4. The maximum Gasteiger partial charge on any atom is 0.344 e. The molecule has 0 aliphatic carbocycles. The van der Waals surface area contributed by atoms with Crippen molar-refractivity contribution in [1.82, 2.24) is 0 Å². The molecule has 1 fully saturated rings. The molecule has 0 saturated carbocycles. The molecule has 0 spiro atoms. The standard InChI is InChI=1S/C24H16INO4S2/c1-29-17-11-9-16(10-12-17)26-22(27)21(32-24(26)31)14-15-5-4-6-18(13-15)30-23(28)19-7-2-3-8-20(19)25/h2-14H,1H3. The minimum Gasteiger partial charge on any atom is -0.497 e. The fourth-order valence-corrected chi connectivity index (χ4v) is 4.94. The number of carbonyl (C=O) groups is 2. The lowest BCUT2D eigenvalue weighted by molar-refractivity contribution is -0.113. The molecule has 1 aliphatic heterocycles. The average molecular weight is 573 g/mol. The Morgan fingerprint density at radius 3 is 2.50 bits per heavy atom. The van der Waals surface area contributed by atoms with Crippen LogP contribution in [0.5, 0.6) is 11.5 Å². The van der Waals surface area contributed by atoms with Gasteiger partial charge in [-0.3, -0.25) is 9.69 Å². The van der Waals surface area contributed by atoms with E-state index in [1.54, 1.807) is 67.8 Å². The van der Waals surface area contributed by atoms with Gasteiger partial charge in [-0.1, -0.05) is 48.2 Å². The van der Waals surface area contributed by atoms with Crippen molar-refractivity contribution in [2.75, 3.05) is 12.0 Å². The van der Waals surface area contributed by atoms with Crippen molar-refractivity contribution in [3.05, 3.63) is 92.4 Å². The zero-order valence-electron chi connectivity index (χ0n) is 16.8. The Hall–Kier alpha value is -2.69. The number of anilines is 1. The largest absolute Gasteiger partial charge is 0.497 e. The molecule has 1 saturated heterocycles. The van der Waals surface area contributed by atoms with E-state index < -0.39 is 5.97 Å². The first-order chi connectivity index (χ1) is 15.5. The van der Waals surface area contributed by atoms with E-state index in [1.807, 2.05) is 18.2 Å². The molecule has 160 valence electrons. The van der Waals surface area contributed by atoms with Gasteiger partial charge < -0.3 is 9.47 Å². The van der Waals surface area contributed by atoms with Crippen molar-refractivity contribution in [1.29, 1.82) is 0 Å². The van der Waals surface area contributed by atoms with Crippen LogP contribution in [0.2, 0.25) is 0 Å². The topological polar surface area (TPSA) is 55.8 Å². The molecular formula is C24H16INO4S2. The normalized spacial score (nSPS) is 14.7. The van der Waals surface area contributed by atoms with Gasteiger partial charge in [0.15, 0.2) is 4.32 Å². The Morgan fingerprint density at radius 2 is 1.78 bits per heavy atom. The highest BCUT2D eigenvalue weighted by molar-refractivity contribution is 14.1. The molecule has 8 heteroatoms. The highest BCUT2D eigenvalue weighted by atomic mass is 127. The van der Waals surface area contributed by atoms with E-state index in [-0.39, 0.29) is 5.91 Å². The van der Waals surface area contributed by atoms with Gasteiger partial charge in [0.25, 0.3) is 5.91 Å². The maximum absolute atomic E-state index is 13.0. The second kappa shape index (κ2) is 9.85. The molecule has 0 aromatic heterocycles. The number of thiocarbonyl (C=S) groups is 1. The number of amides is 1. The molecule has 5 nitrogen and oxygen atoms in total. The number of methoxy groups -OCH3 is 1. The van der Waals surface area contributed by atoms with Gasteiger partial charge in [0.1, 0.15) is 11.5 Å². The summed E-state index contributed by atoms with van der Waals surface area (Å²) >= 11 is 8.76. The molecule has 3 aromatic rings. The van der Waals surface area contributed by atoms with Gasteiger partial charge >= 0.3 is 5.97 Å². The number of hydrogen-bond acceptors (Lipinski definition) is 6. The second-order valence-electron chi connectivity index (χ2n) is 6.66. The number of hydrogen-bond donors (Lipinski definition) is 0. The van der Waals surface area contributed by atoms with Gasteiger partial charge in [-0.05, 0) is 82.8 Å². The summed E-state index contributed by atoms with van der Waals surface area (Å²) in [4.78, 5) is 27.5. The number of benzene rings is 3. The Balaban J connectivity index is 1.54. The zero-order valence-corrected chi connectivity index (χ0v) is 20.6. The molecule has 0 atom stereocenters. The third kappa shape index (κ3) is 4.87. The first-order valence-electron chi connectivity index (χ1n) is 9.45. The number of halogens is 1. The lowest BCUT2D eigenvalue weighted by Gasteiger charge is -2.14. The molecular weight excluding hydrogens is 557 g/mol. The SMILES string of the molecule is COc1ccc(N2C(=O)C(=Cc3cccc(OC(=O)c4ccccc4I)c3)SC2=S)cc1. The van der Waals surface area contributed by atoms with E-state index in [9.17, 15) is 9.59 Å². The van der Waals surface area contributed by atoms with Crippen molar-refractivity contribution < 1.29 is 19.1 Å². The maximum atomic E-state index is 13.0. The molecule has 0 radical (unpaired) electrons. The molecule has 3 aromatic carbocycles. The van der Waals surface area contributed by atoms with E-state index in [0.29, 0.717) is 32.0 Å². The minimum atomic E-state index is -0.432. The smallest absolute Gasteiger partial charge is 0.344 e. The fraction of sp³-hybridized carbons (Fsp3) is 0.0417. The van der Waals surface area contributed by atoms with Crippen LogP contribution in [0.4, 0.5) is 5.69 Å². The van der Waals surface area contributed by atoms with Crippen LogP contribution in [0.1, 0.15) is 15.9 Å². The number of rotatable bonds is 5. The third-order valence-electron chi connectivity index (χ3n) is 4.58. The van der Waals surface area contributed by atoms with Gasteiger partial charge in [0.05, 0.1) is 23.3 Å². The highest BCUT2D eigenvalue weighted by Gasteiger charge is 2.33. The highest BCUT2D eigenvalue weighted by Crippen LogP contribution is 2.36. The Bertz CT molecular complexity index is 1240. The molecule has 32 heavy (non-hydrogen) atoms. The number of ether oxygens (including phenoxy) is 2. The van der Waals surface area contributed by atoms with Crippen molar-refractivity contribution in [2.24, 2.45) is 0 Å². The molecule has 0 bridgehead atoms. The van der Waals surface area contributed by atoms with Crippen LogP contribution in [0.3, 0.4) is 0 Å². The van der Waals surface area contributed by atoms with Gasteiger partial charge in [-0.2, -0.15) is 0 Å². The summed E-state index contributed by atoms with van der Waals surface area (Å²) in [5.74, 6) is 0.463. The summed E-state index contributed by atoms with van der Waals surface area (Å²) in [5.41, 5.74) is 1.91. The van der Waals surface area contributed by atoms with E-state index in [1.165, 1.54) is 16.7 Å². The van der Waals surface area contributed by atoms with Gasteiger partial charge in [0.2, 0.25) is 0 Å². The lowest BCUT2D eigenvalue weighted by atomic mass is 10.2. The molecule has 1 aliphatic rings. The molecule has 4 rings (SSSR count).